The third kappa shape index (κ3) is 1.07. The normalized spacial score (nSPS) is 18.2. The Balaban J connectivity index is 2.57. The fourth-order valence-electron chi connectivity index (χ4n) is 0.589. The van der Waals surface area contributed by atoms with E-state index in [2.05, 4.69) is 4.84 Å². The van der Waals surface area contributed by atoms with Gasteiger partial charge >= 0.3 is 17.8 Å². The molecule has 0 spiro atoms. The van der Waals surface area contributed by atoms with Crippen LogP contribution in [-0.4, -0.2) is 34.1 Å². The van der Waals surface area contributed by atoms with Crippen molar-refractivity contribution in [3.8, 4) is 0 Å². The summed E-state index contributed by atoms with van der Waals surface area (Å²) in [4.78, 5) is 35.3. The molecule has 0 unspecified atom stereocenters. The molecule has 1 N–H and O–H groups in total. The number of aliphatic hydroxyl groups is 1. The van der Waals surface area contributed by atoms with Crippen molar-refractivity contribution in [2.75, 3.05) is 0 Å². The largest absolute Gasteiger partial charge is 0.374 e. The number of hydroxylamine groups is 2. The number of carbonyl (C=O) groups is 3. The number of β-lactam (4-membered cyclic amide) rings is 2. The van der Waals surface area contributed by atoms with Crippen LogP contribution in [-0.2, 0) is 19.2 Å². The zero-order chi connectivity index (χ0) is 8.59. The minimum atomic E-state index is -1.66. The molecule has 0 aromatic heterocycles. The summed E-state index contributed by atoms with van der Waals surface area (Å²) in [6.45, 7) is 1.05. The molecule has 1 aliphatic heterocycles. The van der Waals surface area contributed by atoms with Crippen molar-refractivity contribution in [2.45, 2.75) is 13.0 Å². The molecule has 0 aromatic rings. The lowest BCUT2D eigenvalue weighted by atomic mass is 10.2. The van der Waals surface area contributed by atoms with E-state index >= 15 is 0 Å². The van der Waals surface area contributed by atoms with Crippen molar-refractivity contribution < 1.29 is 24.3 Å². The van der Waals surface area contributed by atoms with Crippen molar-refractivity contribution in [3.05, 3.63) is 0 Å². The maximum absolute atomic E-state index is 10.5. The minimum absolute atomic E-state index is 0.229. The Hall–Kier alpha value is -1.43. The Bertz CT molecular complexity index is 219. The van der Waals surface area contributed by atoms with Gasteiger partial charge in [-0.05, 0) is 0 Å². The second-order valence-electron chi connectivity index (χ2n) is 1.96. The van der Waals surface area contributed by atoms with Gasteiger partial charge in [-0.1, -0.05) is 5.06 Å². The molecule has 1 heterocycles. The SMILES string of the molecule is CC(=O)ON1C(=O)C(O)C1=O. The van der Waals surface area contributed by atoms with Gasteiger partial charge in [0.15, 0.2) is 0 Å². The van der Waals surface area contributed by atoms with E-state index in [4.69, 9.17) is 5.11 Å². The van der Waals surface area contributed by atoms with Gasteiger partial charge in [0.1, 0.15) is 0 Å². The topological polar surface area (TPSA) is 83.9 Å². The fraction of sp³-hybridized carbons (Fsp3) is 0.400. The highest BCUT2D eigenvalue weighted by molar-refractivity contribution is 6.19. The summed E-state index contributed by atoms with van der Waals surface area (Å²) in [7, 11) is 0. The summed E-state index contributed by atoms with van der Waals surface area (Å²) in [5.41, 5.74) is 0. The quantitative estimate of drug-likeness (QED) is 0.360. The van der Waals surface area contributed by atoms with Crippen molar-refractivity contribution in [1.82, 2.24) is 5.06 Å². The van der Waals surface area contributed by atoms with Gasteiger partial charge in [-0.15, -0.1) is 0 Å². The molecule has 0 saturated carbocycles. The zero-order valence-corrected chi connectivity index (χ0v) is 5.60. The van der Waals surface area contributed by atoms with Gasteiger partial charge in [0.2, 0.25) is 6.10 Å². The van der Waals surface area contributed by atoms with Gasteiger partial charge in [0.25, 0.3) is 0 Å². The molecule has 60 valence electrons. The van der Waals surface area contributed by atoms with E-state index in [1.807, 2.05) is 0 Å². The van der Waals surface area contributed by atoms with E-state index in [9.17, 15) is 14.4 Å². The van der Waals surface area contributed by atoms with Crippen LogP contribution in [0.1, 0.15) is 6.92 Å². The lowest BCUT2D eigenvalue weighted by Crippen LogP contribution is -2.61. The molecule has 0 radical (unpaired) electrons. The van der Waals surface area contributed by atoms with Gasteiger partial charge in [-0.3, -0.25) is 9.59 Å². The molecular weight excluding hydrogens is 154 g/mol. The van der Waals surface area contributed by atoms with E-state index in [1.54, 1.807) is 0 Å². The molecule has 0 bridgehead atoms. The Labute approximate surface area is 61.3 Å². The summed E-state index contributed by atoms with van der Waals surface area (Å²) in [6.07, 6.45) is -1.66. The lowest BCUT2D eigenvalue weighted by molar-refractivity contribution is -0.225. The highest BCUT2D eigenvalue weighted by atomic mass is 16.7. The van der Waals surface area contributed by atoms with Gasteiger partial charge in [-0.2, -0.15) is 0 Å². The summed E-state index contributed by atoms with van der Waals surface area (Å²) in [5.74, 6) is -2.60. The molecule has 6 nitrogen and oxygen atoms in total. The molecule has 6 heteroatoms. The predicted molar refractivity (Wildman–Crippen MR) is 29.6 cm³/mol. The fourth-order valence-corrected chi connectivity index (χ4v) is 0.589. The van der Waals surface area contributed by atoms with Crippen LogP contribution >= 0.6 is 0 Å². The van der Waals surface area contributed by atoms with Gasteiger partial charge in [-0.25, -0.2) is 4.79 Å². The predicted octanol–water partition coefficient (Wildman–Crippen LogP) is -1.81. The molecule has 1 rings (SSSR count). The second-order valence-corrected chi connectivity index (χ2v) is 1.96. The summed E-state index contributed by atoms with van der Waals surface area (Å²) < 4.78 is 0. The van der Waals surface area contributed by atoms with Crippen LogP contribution in [0.2, 0.25) is 0 Å². The highest BCUT2D eigenvalue weighted by Crippen LogP contribution is 2.12. The molecule has 0 atom stereocenters. The van der Waals surface area contributed by atoms with E-state index in [0.29, 0.717) is 0 Å². The molecule has 1 aliphatic rings. The monoisotopic (exact) mass is 159 g/mol. The third-order valence-corrected chi connectivity index (χ3v) is 1.09. The first kappa shape index (κ1) is 7.67. The van der Waals surface area contributed by atoms with Crippen molar-refractivity contribution in [1.29, 1.82) is 0 Å². The Morgan fingerprint density at radius 1 is 1.55 bits per heavy atom. The maximum Gasteiger partial charge on any atom is 0.330 e. The molecule has 2 amide bonds. The lowest BCUT2D eigenvalue weighted by Gasteiger charge is -2.29. The average Bonchev–Trinajstić information content (AvgIpc) is 1.98. The summed E-state index contributed by atoms with van der Waals surface area (Å²) in [6, 6.07) is 0. The maximum atomic E-state index is 10.5. The zero-order valence-electron chi connectivity index (χ0n) is 5.60. The second kappa shape index (κ2) is 2.31. The third-order valence-electron chi connectivity index (χ3n) is 1.09. The van der Waals surface area contributed by atoms with Gasteiger partial charge in [0.05, 0.1) is 0 Å². The Kier molecular flexibility index (Phi) is 1.61. The first-order valence-corrected chi connectivity index (χ1v) is 2.78. The Morgan fingerprint density at radius 2 is 2.00 bits per heavy atom. The van der Waals surface area contributed by atoms with Crippen LogP contribution in [0.25, 0.3) is 0 Å². The van der Waals surface area contributed by atoms with Crippen LogP contribution in [0.4, 0.5) is 0 Å². The number of nitrogens with zero attached hydrogens (tertiary/aromatic N) is 1. The first-order valence-electron chi connectivity index (χ1n) is 2.78. The van der Waals surface area contributed by atoms with Crippen molar-refractivity contribution >= 4 is 17.8 Å². The highest BCUT2D eigenvalue weighted by Gasteiger charge is 2.48. The summed E-state index contributed by atoms with van der Waals surface area (Å²) >= 11 is 0. The van der Waals surface area contributed by atoms with E-state index < -0.39 is 23.9 Å². The summed E-state index contributed by atoms with van der Waals surface area (Å²) in [5, 5.41) is 8.77. The number of amides is 2. The van der Waals surface area contributed by atoms with Gasteiger partial charge < -0.3 is 9.94 Å². The molecule has 1 saturated heterocycles. The number of carbonyl (C=O) groups excluding carboxylic acids is 3. The Morgan fingerprint density at radius 3 is 2.36 bits per heavy atom. The van der Waals surface area contributed by atoms with Gasteiger partial charge in [0, 0.05) is 6.92 Å². The van der Waals surface area contributed by atoms with Crippen LogP contribution in [0, 0.1) is 0 Å². The number of hydrogen-bond acceptors (Lipinski definition) is 5. The average molecular weight is 159 g/mol. The number of imide groups is 1. The molecule has 0 aromatic carbocycles. The van der Waals surface area contributed by atoms with Crippen LogP contribution < -0.4 is 0 Å². The number of hydrogen-bond donors (Lipinski definition) is 1. The van der Waals surface area contributed by atoms with Crippen molar-refractivity contribution in [3.63, 3.8) is 0 Å². The smallest absolute Gasteiger partial charge is 0.330 e. The minimum Gasteiger partial charge on any atom is -0.374 e. The molecule has 1 fully saturated rings. The molecular formula is C5H5NO5. The molecule has 0 aliphatic carbocycles. The number of rotatable bonds is 1. The molecule has 11 heavy (non-hydrogen) atoms. The van der Waals surface area contributed by atoms with Crippen LogP contribution in [0.3, 0.4) is 0 Å². The van der Waals surface area contributed by atoms with E-state index in [0.717, 1.165) is 6.92 Å². The first-order chi connectivity index (χ1) is 5.04. The van der Waals surface area contributed by atoms with Crippen LogP contribution in [0.5, 0.6) is 0 Å². The number of aliphatic hydroxyl groups excluding tert-OH is 1. The van der Waals surface area contributed by atoms with Crippen LogP contribution in [0.15, 0.2) is 0 Å². The standard InChI is InChI=1S/C5H5NO5/c1-2(7)11-6-4(9)3(8)5(6)10/h3,8H,1H3. The van der Waals surface area contributed by atoms with Crippen molar-refractivity contribution in [2.24, 2.45) is 0 Å². The van der Waals surface area contributed by atoms with E-state index in [-0.39, 0.29) is 5.06 Å². The van der Waals surface area contributed by atoms with E-state index in [1.165, 1.54) is 0 Å².